The highest BCUT2D eigenvalue weighted by molar-refractivity contribution is 6.04. The van der Waals surface area contributed by atoms with E-state index in [1.54, 1.807) is 12.1 Å². The minimum absolute atomic E-state index is 0.0215. The normalized spacial score (nSPS) is 12.7. The molecule has 1 amide bonds. The van der Waals surface area contributed by atoms with Crippen molar-refractivity contribution in [2.45, 2.75) is 6.42 Å². The van der Waals surface area contributed by atoms with Crippen LogP contribution < -0.4 is 10.1 Å². The lowest BCUT2D eigenvalue weighted by Crippen LogP contribution is -2.13. The Labute approximate surface area is 109 Å². The first-order chi connectivity index (χ1) is 9.24. The van der Waals surface area contributed by atoms with Crippen molar-refractivity contribution in [2.75, 3.05) is 11.9 Å². The van der Waals surface area contributed by atoms with Crippen molar-refractivity contribution in [1.82, 2.24) is 4.98 Å². The van der Waals surface area contributed by atoms with E-state index in [9.17, 15) is 9.18 Å². The smallest absolute Gasteiger partial charge is 0.258 e. The zero-order valence-electron chi connectivity index (χ0n) is 10.0. The molecule has 2 aromatic rings. The molecule has 4 nitrogen and oxygen atoms in total. The summed E-state index contributed by atoms with van der Waals surface area (Å²) in [5.41, 5.74) is 1.66. The molecule has 3 rings (SSSR count). The molecule has 0 bridgehead atoms. The van der Waals surface area contributed by atoms with Crippen molar-refractivity contribution >= 4 is 11.6 Å². The number of anilines is 1. The van der Waals surface area contributed by atoms with Gasteiger partial charge in [-0.15, -0.1) is 0 Å². The zero-order chi connectivity index (χ0) is 13.2. The van der Waals surface area contributed by atoms with E-state index in [4.69, 9.17) is 4.74 Å². The standard InChI is InChI=1S/C14H11FN2O2/c15-12-8-16-5-3-11(12)14(18)17-10-1-2-13-9(7-10)4-6-19-13/h1-3,5,7-8H,4,6H2,(H,17,18). The third-order valence-corrected chi connectivity index (χ3v) is 2.96. The van der Waals surface area contributed by atoms with Crippen molar-refractivity contribution in [1.29, 1.82) is 0 Å². The maximum Gasteiger partial charge on any atom is 0.258 e. The van der Waals surface area contributed by atoms with E-state index < -0.39 is 11.7 Å². The van der Waals surface area contributed by atoms with Crippen LogP contribution in [0.3, 0.4) is 0 Å². The van der Waals surface area contributed by atoms with Crippen LogP contribution in [-0.2, 0) is 6.42 Å². The van der Waals surface area contributed by atoms with E-state index in [0.29, 0.717) is 12.3 Å². The third-order valence-electron chi connectivity index (χ3n) is 2.96. The molecule has 1 N–H and O–H groups in total. The molecule has 5 heteroatoms. The first-order valence-electron chi connectivity index (χ1n) is 5.90. The predicted molar refractivity (Wildman–Crippen MR) is 67.8 cm³/mol. The molecule has 0 aliphatic carbocycles. The predicted octanol–water partition coefficient (Wildman–Crippen LogP) is 2.41. The van der Waals surface area contributed by atoms with E-state index in [0.717, 1.165) is 23.9 Å². The van der Waals surface area contributed by atoms with E-state index in [-0.39, 0.29) is 5.56 Å². The van der Waals surface area contributed by atoms with Crippen LogP contribution in [0.1, 0.15) is 15.9 Å². The number of nitrogens with one attached hydrogen (secondary N) is 1. The minimum Gasteiger partial charge on any atom is -0.493 e. The van der Waals surface area contributed by atoms with Crippen molar-refractivity contribution in [3.8, 4) is 5.75 Å². The van der Waals surface area contributed by atoms with E-state index in [2.05, 4.69) is 10.3 Å². The minimum atomic E-state index is -0.635. The van der Waals surface area contributed by atoms with Gasteiger partial charge >= 0.3 is 0 Å². The molecule has 0 saturated carbocycles. The van der Waals surface area contributed by atoms with Gasteiger partial charge in [0.1, 0.15) is 5.75 Å². The molecule has 0 unspecified atom stereocenters. The molecule has 0 fully saturated rings. The van der Waals surface area contributed by atoms with Gasteiger partial charge < -0.3 is 10.1 Å². The number of hydrogen-bond donors (Lipinski definition) is 1. The Morgan fingerprint density at radius 3 is 3.11 bits per heavy atom. The Kier molecular flexibility index (Phi) is 2.87. The third kappa shape index (κ3) is 2.27. The Morgan fingerprint density at radius 1 is 1.37 bits per heavy atom. The lowest BCUT2D eigenvalue weighted by atomic mass is 10.1. The van der Waals surface area contributed by atoms with Crippen molar-refractivity contribution < 1.29 is 13.9 Å². The van der Waals surface area contributed by atoms with E-state index in [1.165, 1.54) is 12.3 Å². The molecular formula is C14H11FN2O2. The number of benzene rings is 1. The van der Waals surface area contributed by atoms with Gasteiger partial charge in [-0.3, -0.25) is 9.78 Å². The average molecular weight is 258 g/mol. The largest absolute Gasteiger partial charge is 0.493 e. The van der Waals surface area contributed by atoms with Crippen molar-refractivity contribution in [3.63, 3.8) is 0 Å². The highest BCUT2D eigenvalue weighted by Crippen LogP contribution is 2.28. The lowest BCUT2D eigenvalue weighted by Gasteiger charge is -2.07. The summed E-state index contributed by atoms with van der Waals surface area (Å²) in [4.78, 5) is 15.5. The Hall–Kier alpha value is -2.43. The summed E-state index contributed by atoms with van der Waals surface area (Å²) in [7, 11) is 0. The number of halogens is 1. The van der Waals surface area contributed by atoms with Crippen molar-refractivity contribution in [3.05, 3.63) is 53.6 Å². The topological polar surface area (TPSA) is 51.2 Å². The second kappa shape index (κ2) is 4.68. The maximum atomic E-state index is 13.4. The number of rotatable bonds is 2. The summed E-state index contributed by atoms with van der Waals surface area (Å²) in [6.45, 7) is 0.658. The molecule has 19 heavy (non-hydrogen) atoms. The highest BCUT2D eigenvalue weighted by atomic mass is 19.1. The number of hydrogen-bond acceptors (Lipinski definition) is 3. The molecule has 0 spiro atoms. The number of carbonyl (C=O) groups is 1. The number of fused-ring (bicyclic) bond motifs is 1. The van der Waals surface area contributed by atoms with Crippen LogP contribution in [0.4, 0.5) is 10.1 Å². The fraction of sp³-hybridized carbons (Fsp3) is 0.143. The van der Waals surface area contributed by atoms with Gasteiger partial charge in [-0.25, -0.2) is 4.39 Å². The van der Waals surface area contributed by atoms with Gasteiger partial charge in [0.25, 0.3) is 5.91 Å². The Balaban J connectivity index is 1.82. The fourth-order valence-corrected chi connectivity index (χ4v) is 2.02. The first-order valence-corrected chi connectivity index (χ1v) is 5.90. The van der Waals surface area contributed by atoms with Gasteiger partial charge in [-0.1, -0.05) is 0 Å². The van der Waals surface area contributed by atoms with Crippen LogP contribution in [-0.4, -0.2) is 17.5 Å². The van der Waals surface area contributed by atoms with Gasteiger partial charge in [0.15, 0.2) is 5.82 Å². The van der Waals surface area contributed by atoms with Crippen LogP contribution in [0.15, 0.2) is 36.7 Å². The van der Waals surface area contributed by atoms with Crippen molar-refractivity contribution in [2.24, 2.45) is 0 Å². The molecule has 1 aliphatic rings. The number of aromatic nitrogens is 1. The lowest BCUT2D eigenvalue weighted by molar-refractivity contribution is 0.102. The summed E-state index contributed by atoms with van der Waals surface area (Å²) in [5, 5.41) is 2.67. The van der Waals surface area contributed by atoms with E-state index >= 15 is 0 Å². The van der Waals surface area contributed by atoms with Crippen LogP contribution in [0.2, 0.25) is 0 Å². The SMILES string of the molecule is O=C(Nc1ccc2c(c1)CCO2)c1ccncc1F. The van der Waals surface area contributed by atoms with Gasteiger partial charge in [0, 0.05) is 18.3 Å². The molecule has 1 aliphatic heterocycles. The number of pyridine rings is 1. The average Bonchev–Trinajstić information content (AvgIpc) is 2.86. The molecule has 0 saturated heterocycles. The van der Waals surface area contributed by atoms with Gasteiger partial charge in [0.2, 0.25) is 0 Å². The van der Waals surface area contributed by atoms with Crippen LogP contribution in [0.5, 0.6) is 5.75 Å². The first kappa shape index (κ1) is 11.6. The summed E-state index contributed by atoms with van der Waals surface area (Å²) in [5.74, 6) is -0.281. The highest BCUT2D eigenvalue weighted by Gasteiger charge is 2.15. The molecule has 0 radical (unpaired) electrons. The molecule has 2 heterocycles. The fourth-order valence-electron chi connectivity index (χ4n) is 2.02. The van der Waals surface area contributed by atoms with E-state index in [1.807, 2.05) is 6.07 Å². The maximum absolute atomic E-state index is 13.4. The number of ether oxygens (including phenoxy) is 1. The second-order valence-corrected chi connectivity index (χ2v) is 4.23. The van der Waals surface area contributed by atoms with Crippen LogP contribution >= 0.6 is 0 Å². The van der Waals surface area contributed by atoms with Gasteiger partial charge in [-0.05, 0) is 29.8 Å². The summed E-state index contributed by atoms with van der Waals surface area (Å²) >= 11 is 0. The molecular weight excluding hydrogens is 247 g/mol. The monoisotopic (exact) mass is 258 g/mol. The Bertz CT molecular complexity index is 643. The summed E-state index contributed by atoms with van der Waals surface area (Å²) in [6.07, 6.45) is 3.22. The quantitative estimate of drug-likeness (QED) is 0.900. The van der Waals surface area contributed by atoms with Crippen LogP contribution in [0, 0.1) is 5.82 Å². The molecule has 1 aromatic carbocycles. The number of amides is 1. The van der Waals surface area contributed by atoms with Gasteiger partial charge in [-0.2, -0.15) is 0 Å². The zero-order valence-corrected chi connectivity index (χ0v) is 10.0. The van der Waals surface area contributed by atoms with Gasteiger partial charge in [0.05, 0.1) is 18.4 Å². The number of nitrogens with zero attached hydrogens (tertiary/aromatic N) is 1. The molecule has 1 aromatic heterocycles. The molecule has 0 atom stereocenters. The van der Waals surface area contributed by atoms with Crippen LogP contribution in [0.25, 0.3) is 0 Å². The number of carbonyl (C=O) groups excluding carboxylic acids is 1. The Morgan fingerprint density at radius 2 is 2.26 bits per heavy atom. The summed E-state index contributed by atoms with van der Waals surface area (Å²) in [6, 6.07) is 6.74. The summed E-state index contributed by atoms with van der Waals surface area (Å²) < 4.78 is 18.8. The molecule has 96 valence electrons. The second-order valence-electron chi connectivity index (χ2n) is 4.23.